The molecule has 4 nitrogen and oxygen atoms in total. The zero-order valence-electron chi connectivity index (χ0n) is 10.2. The van der Waals surface area contributed by atoms with Gasteiger partial charge in [0.2, 0.25) is 0 Å². The lowest BCUT2D eigenvalue weighted by molar-refractivity contribution is -0.147. The van der Waals surface area contributed by atoms with Gasteiger partial charge in [-0.15, -0.1) is 0 Å². The van der Waals surface area contributed by atoms with Crippen LogP contribution in [0.5, 0.6) is 0 Å². The Balaban J connectivity index is 2.03. The number of carboxylic acid groups (broad SMARTS) is 1. The summed E-state index contributed by atoms with van der Waals surface area (Å²) in [4.78, 5) is 23.4. The summed E-state index contributed by atoms with van der Waals surface area (Å²) in [6.45, 7) is 1.81. The molecule has 0 amide bonds. The lowest BCUT2D eigenvalue weighted by Gasteiger charge is -2.39. The van der Waals surface area contributed by atoms with E-state index >= 15 is 0 Å². The Morgan fingerprint density at radius 2 is 2.33 bits per heavy atom. The molecule has 1 N–H and O–H groups in total. The number of cyclic esters (lactones) is 1. The predicted octanol–water partition coefficient (Wildman–Crippen LogP) is 1.56. The minimum Gasteiger partial charge on any atom is -0.481 e. The van der Waals surface area contributed by atoms with Crippen molar-refractivity contribution in [1.29, 1.82) is 0 Å². The summed E-state index contributed by atoms with van der Waals surface area (Å²) in [5.74, 6) is -0.0544. The number of fused-ring (bicyclic) bond motifs is 2. The molecule has 0 aromatic carbocycles. The van der Waals surface area contributed by atoms with Crippen molar-refractivity contribution in [2.45, 2.75) is 19.4 Å². The molecule has 0 saturated carbocycles. The highest BCUT2D eigenvalue weighted by Gasteiger charge is 2.54. The number of esters is 1. The second kappa shape index (κ2) is 4.30. The van der Waals surface area contributed by atoms with Crippen LogP contribution in [-0.2, 0) is 14.3 Å². The second-order valence-corrected chi connectivity index (χ2v) is 6.40. The van der Waals surface area contributed by atoms with Gasteiger partial charge in [-0.1, -0.05) is 11.6 Å². The molecule has 18 heavy (non-hydrogen) atoms. The van der Waals surface area contributed by atoms with Gasteiger partial charge in [0.15, 0.2) is 0 Å². The number of rotatable bonds is 1. The van der Waals surface area contributed by atoms with Crippen molar-refractivity contribution in [3.63, 3.8) is 0 Å². The van der Waals surface area contributed by atoms with E-state index in [-0.39, 0.29) is 29.8 Å². The lowest BCUT2D eigenvalue weighted by Crippen LogP contribution is -2.43. The Bertz CT molecular complexity index is 431. The summed E-state index contributed by atoms with van der Waals surface area (Å²) in [5.41, 5.74) is 1.14. The van der Waals surface area contributed by atoms with Crippen molar-refractivity contribution in [3.8, 4) is 0 Å². The highest BCUT2D eigenvalue weighted by molar-refractivity contribution is 7.99. The van der Waals surface area contributed by atoms with Gasteiger partial charge in [0.25, 0.3) is 0 Å². The molecule has 3 aliphatic rings. The SMILES string of the molecule is C[C@H]1OC(=O)[C@@H]2C=C3CSCC[C@H]3[C@H](C(=O)O)[C@H]12. The van der Waals surface area contributed by atoms with Gasteiger partial charge < -0.3 is 9.84 Å². The van der Waals surface area contributed by atoms with Gasteiger partial charge in [-0.05, 0) is 25.0 Å². The number of hydrogen-bond donors (Lipinski definition) is 1. The Hall–Kier alpha value is -0.970. The van der Waals surface area contributed by atoms with E-state index in [4.69, 9.17) is 4.74 Å². The number of hydrogen-bond acceptors (Lipinski definition) is 4. The van der Waals surface area contributed by atoms with Crippen molar-refractivity contribution < 1.29 is 19.4 Å². The molecule has 0 aromatic heterocycles. The van der Waals surface area contributed by atoms with Gasteiger partial charge in [0.1, 0.15) is 6.10 Å². The van der Waals surface area contributed by atoms with Gasteiger partial charge in [-0.2, -0.15) is 11.8 Å². The lowest BCUT2D eigenvalue weighted by atomic mass is 9.66. The molecule has 0 unspecified atom stereocenters. The van der Waals surface area contributed by atoms with Crippen LogP contribution < -0.4 is 0 Å². The molecule has 98 valence electrons. The highest BCUT2D eigenvalue weighted by Crippen LogP contribution is 2.48. The third-order valence-corrected chi connectivity index (χ3v) is 5.44. The second-order valence-electron chi connectivity index (χ2n) is 5.30. The molecule has 5 atom stereocenters. The minimum absolute atomic E-state index is 0.0990. The summed E-state index contributed by atoms with van der Waals surface area (Å²) in [5, 5.41) is 9.53. The smallest absolute Gasteiger partial charge is 0.313 e. The zero-order valence-corrected chi connectivity index (χ0v) is 11.0. The Morgan fingerprint density at radius 1 is 1.56 bits per heavy atom. The van der Waals surface area contributed by atoms with E-state index in [1.165, 1.54) is 0 Å². The number of carbonyl (C=O) groups excluding carboxylic acids is 1. The Morgan fingerprint density at radius 3 is 3.06 bits per heavy atom. The maximum absolute atomic E-state index is 11.8. The van der Waals surface area contributed by atoms with Crippen molar-refractivity contribution >= 4 is 23.7 Å². The van der Waals surface area contributed by atoms with Gasteiger partial charge in [-0.3, -0.25) is 9.59 Å². The summed E-state index contributed by atoms with van der Waals surface area (Å²) in [7, 11) is 0. The third kappa shape index (κ3) is 1.67. The number of aliphatic carboxylic acids is 1. The number of carboxylic acids is 1. The average Bonchev–Trinajstić information content (AvgIpc) is 2.62. The van der Waals surface area contributed by atoms with Crippen LogP contribution in [-0.4, -0.2) is 34.7 Å². The van der Waals surface area contributed by atoms with E-state index in [0.29, 0.717) is 0 Å². The van der Waals surface area contributed by atoms with Crippen LogP contribution in [0.3, 0.4) is 0 Å². The first-order valence-electron chi connectivity index (χ1n) is 6.31. The molecule has 2 fully saturated rings. The van der Waals surface area contributed by atoms with Crippen LogP contribution in [0.4, 0.5) is 0 Å². The maximum atomic E-state index is 11.8. The fraction of sp³-hybridized carbons (Fsp3) is 0.692. The maximum Gasteiger partial charge on any atom is 0.313 e. The van der Waals surface area contributed by atoms with Gasteiger partial charge in [0.05, 0.1) is 11.8 Å². The van der Waals surface area contributed by atoms with E-state index in [1.807, 2.05) is 24.8 Å². The molecule has 3 rings (SSSR count). The van der Waals surface area contributed by atoms with E-state index in [9.17, 15) is 14.7 Å². The predicted molar refractivity (Wildman–Crippen MR) is 67.2 cm³/mol. The van der Waals surface area contributed by atoms with Gasteiger partial charge in [-0.25, -0.2) is 0 Å². The van der Waals surface area contributed by atoms with Crippen LogP contribution >= 0.6 is 11.8 Å². The van der Waals surface area contributed by atoms with Crippen LogP contribution in [0.15, 0.2) is 11.6 Å². The summed E-state index contributed by atoms with van der Waals surface area (Å²) >= 11 is 1.82. The summed E-state index contributed by atoms with van der Waals surface area (Å²) in [6.07, 6.45) is 2.61. The summed E-state index contributed by atoms with van der Waals surface area (Å²) in [6, 6.07) is 0. The number of carbonyl (C=O) groups is 2. The third-order valence-electron chi connectivity index (χ3n) is 4.38. The van der Waals surface area contributed by atoms with Gasteiger partial charge >= 0.3 is 11.9 Å². The van der Waals surface area contributed by atoms with E-state index in [1.54, 1.807) is 0 Å². The molecule has 2 saturated heterocycles. The van der Waals surface area contributed by atoms with Crippen molar-refractivity contribution in [1.82, 2.24) is 0 Å². The molecular weight excluding hydrogens is 252 g/mol. The van der Waals surface area contributed by atoms with E-state index in [2.05, 4.69) is 0 Å². The molecule has 5 heteroatoms. The van der Waals surface area contributed by atoms with Crippen molar-refractivity contribution in [2.75, 3.05) is 11.5 Å². The fourth-order valence-electron chi connectivity index (χ4n) is 3.59. The van der Waals surface area contributed by atoms with Crippen LogP contribution in [0.2, 0.25) is 0 Å². The highest BCUT2D eigenvalue weighted by atomic mass is 32.2. The average molecular weight is 268 g/mol. The molecule has 0 aromatic rings. The largest absolute Gasteiger partial charge is 0.481 e. The first-order valence-corrected chi connectivity index (χ1v) is 7.46. The van der Waals surface area contributed by atoms with Gasteiger partial charge in [0, 0.05) is 11.7 Å². The fourth-order valence-corrected chi connectivity index (χ4v) is 4.71. The Kier molecular flexibility index (Phi) is 2.88. The Labute approximate surface area is 110 Å². The molecule has 2 aliphatic heterocycles. The monoisotopic (exact) mass is 268 g/mol. The first-order chi connectivity index (χ1) is 8.59. The van der Waals surface area contributed by atoms with Crippen molar-refractivity contribution in [3.05, 3.63) is 11.6 Å². The molecular formula is C13H16O4S. The molecule has 0 radical (unpaired) electrons. The number of ether oxygens (including phenoxy) is 1. The standard InChI is InChI=1S/C13H16O4S/c1-6-10-9(13(16)17-6)4-7-5-18-3-2-8(7)11(10)12(14)15/h4,6,8-11H,2-3,5H2,1H3,(H,14,15)/t6-,8-,9-,10-,11+/m1/s1. The molecule has 0 spiro atoms. The van der Waals surface area contributed by atoms with E-state index in [0.717, 1.165) is 23.5 Å². The number of thioether (sulfide) groups is 1. The van der Waals surface area contributed by atoms with Crippen LogP contribution in [0.1, 0.15) is 13.3 Å². The molecule has 1 aliphatic carbocycles. The zero-order chi connectivity index (χ0) is 12.9. The summed E-state index contributed by atoms with van der Waals surface area (Å²) < 4.78 is 5.24. The first kappa shape index (κ1) is 12.1. The molecule has 0 bridgehead atoms. The van der Waals surface area contributed by atoms with E-state index < -0.39 is 11.9 Å². The van der Waals surface area contributed by atoms with Crippen molar-refractivity contribution in [2.24, 2.45) is 23.7 Å². The van der Waals surface area contributed by atoms with Crippen LogP contribution in [0.25, 0.3) is 0 Å². The molecule has 2 heterocycles. The topological polar surface area (TPSA) is 63.6 Å². The normalized spacial score (nSPS) is 42.6. The van der Waals surface area contributed by atoms with Crippen LogP contribution in [0, 0.1) is 23.7 Å². The quantitative estimate of drug-likeness (QED) is 0.577. The minimum atomic E-state index is -0.780.